The van der Waals surface area contributed by atoms with Gasteiger partial charge < -0.3 is 15.9 Å². The Kier molecular flexibility index (Phi) is 5.31. The first-order valence-corrected chi connectivity index (χ1v) is 6.03. The van der Waals surface area contributed by atoms with Gasteiger partial charge in [-0.2, -0.15) is 11.8 Å². The second kappa shape index (κ2) is 6.52. The fourth-order valence-corrected chi connectivity index (χ4v) is 2.06. The molecule has 1 rings (SSSR count). The number of carboxylic acid groups (broad SMARTS) is 1. The summed E-state index contributed by atoms with van der Waals surface area (Å²) < 4.78 is 0. The van der Waals surface area contributed by atoms with Gasteiger partial charge in [-0.25, -0.2) is 0 Å². The number of hydrogen-bond donors (Lipinski definition) is 3. The Bertz CT molecular complexity index is 340. The molecule has 16 heavy (non-hydrogen) atoms. The van der Waals surface area contributed by atoms with Crippen LogP contribution in [0.1, 0.15) is 11.1 Å². The molecule has 0 bridgehead atoms. The molecule has 0 saturated heterocycles. The fraction of sp³-hybridized carbons (Fsp3) is 0.364. The molecular formula is C11H15NO3S. The topological polar surface area (TPSA) is 83.5 Å². The van der Waals surface area contributed by atoms with E-state index < -0.39 is 12.0 Å². The summed E-state index contributed by atoms with van der Waals surface area (Å²) in [5.41, 5.74) is 7.34. The first-order valence-electron chi connectivity index (χ1n) is 4.88. The number of hydrogen-bond acceptors (Lipinski definition) is 4. The highest BCUT2D eigenvalue weighted by atomic mass is 32.2. The first kappa shape index (κ1) is 13.0. The van der Waals surface area contributed by atoms with Crippen molar-refractivity contribution in [2.75, 3.05) is 5.75 Å². The Morgan fingerprint density at radius 2 is 1.88 bits per heavy atom. The van der Waals surface area contributed by atoms with Crippen LogP contribution >= 0.6 is 11.8 Å². The largest absolute Gasteiger partial charge is 0.480 e. The van der Waals surface area contributed by atoms with Crippen molar-refractivity contribution in [2.24, 2.45) is 5.73 Å². The molecule has 0 fully saturated rings. The van der Waals surface area contributed by atoms with Crippen LogP contribution < -0.4 is 5.73 Å². The summed E-state index contributed by atoms with van der Waals surface area (Å²) in [6, 6.07) is 6.75. The molecule has 0 radical (unpaired) electrons. The minimum absolute atomic E-state index is 0.0390. The molecule has 0 amide bonds. The van der Waals surface area contributed by atoms with Crippen LogP contribution in [0.3, 0.4) is 0 Å². The third-order valence-corrected chi connectivity index (χ3v) is 3.22. The molecule has 5 heteroatoms. The van der Waals surface area contributed by atoms with Gasteiger partial charge in [-0.1, -0.05) is 24.3 Å². The second-order valence-corrected chi connectivity index (χ2v) is 4.46. The summed E-state index contributed by atoms with van der Waals surface area (Å²) in [6.45, 7) is 0.0390. The summed E-state index contributed by atoms with van der Waals surface area (Å²) in [6.07, 6.45) is 0. The average Bonchev–Trinajstić information content (AvgIpc) is 2.29. The molecule has 0 heterocycles. The predicted octanol–water partition coefficient (Wildman–Crippen LogP) is 0.824. The van der Waals surface area contributed by atoms with E-state index in [9.17, 15) is 4.79 Å². The van der Waals surface area contributed by atoms with E-state index in [0.717, 1.165) is 16.9 Å². The van der Waals surface area contributed by atoms with E-state index in [1.165, 1.54) is 11.8 Å². The molecule has 0 aliphatic carbocycles. The standard InChI is InChI=1S/C11H15NO3S/c12-10(11(14)15)7-16-6-9-3-1-8(5-13)2-4-9/h1-4,10,13H,5-7,12H2,(H,14,15)/t10-/m1/s1. The highest BCUT2D eigenvalue weighted by Crippen LogP contribution is 2.13. The summed E-state index contributed by atoms with van der Waals surface area (Å²) in [7, 11) is 0. The van der Waals surface area contributed by atoms with E-state index in [1.54, 1.807) is 0 Å². The molecule has 1 atom stereocenters. The van der Waals surface area contributed by atoms with Gasteiger partial charge in [0.2, 0.25) is 0 Å². The Morgan fingerprint density at radius 3 is 2.38 bits per heavy atom. The Balaban J connectivity index is 2.34. The number of carboxylic acids is 1. The molecule has 0 spiro atoms. The number of aliphatic carboxylic acids is 1. The minimum Gasteiger partial charge on any atom is -0.480 e. The molecule has 1 aromatic rings. The van der Waals surface area contributed by atoms with Crippen molar-refractivity contribution in [1.29, 1.82) is 0 Å². The van der Waals surface area contributed by atoms with Gasteiger partial charge in [-0.3, -0.25) is 4.79 Å². The van der Waals surface area contributed by atoms with E-state index >= 15 is 0 Å². The monoisotopic (exact) mass is 241 g/mol. The lowest BCUT2D eigenvalue weighted by Crippen LogP contribution is -2.32. The van der Waals surface area contributed by atoms with Crippen LogP contribution in [-0.4, -0.2) is 28.0 Å². The highest BCUT2D eigenvalue weighted by Gasteiger charge is 2.10. The maximum absolute atomic E-state index is 10.5. The molecule has 4 N–H and O–H groups in total. The summed E-state index contributed by atoms with van der Waals surface area (Å²) in [5.74, 6) is 0.159. The smallest absolute Gasteiger partial charge is 0.321 e. The van der Waals surface area contributed by atoms with Gasteiger partial charge in [-0.05, 0) is 11.1 Å². The second-order valence-electron chi connectivity index (χ2n) is 3.43. The summed E-state index contributed by atoms with van der Waals surface area (Å²) in [4.78, 5) is 10.5. The zero-order chi connectivity index (χ0) is 12.0. The van der Waals surface area contributed by atoms with E-state index in [1.807, 2.05) is 24.3 Å². The minimum atomic E-state index is -0.969. The van der Waals surface area contributed by atoms with Crippen molar-refractivity contribution < 1.29 is 15.0 Å². The van der Waals surface area contributed by atoms with Crippen molar-refractivity contribution >= 4 is 17.7 Å². The number of carbonyl (C=O) groups is 1. The molecule has 0 saturated carbocycles. The van der Waals surface area contributed by atoms with E-state index in [4.69, 9.17) is 15.9 Å². The molecule has 1 aromatic carbocycles. The first-order chi connectivity index (χ1) is 7.63. The highest BCUT2D eigenvalue weighted by molar-refractivity contribution is 7.98. The van der Waals surface area contributed by atoms with Crippen LogP contribution in [0.4, 0.5) is 0 Å². The van der Waals surface area contributed by atoms with Crippen LogP contribution in [0.2, 0.25) is 0 Å². The fourth-order valence-electron chi connectivity index (χ4n) is 1.12. The summed E-state index contributed by atoms with van der Waals surface area (Å²) in [5, 5.41) is 17.4. The number of benzene rings is 1. The lowest BCUT2D eigenvalue weighted by atomic mass is 10.2. The van der Waals surface area contributed by atoms with Gasteiger partial charge in [0.05, 0.1) is 6.61 Å². The Labute approximate surface area is 98.5 Å². The van der Waals surface area contributed by atoms with E-state index in [-0.39, 0.29) is 6.61 Å². The Morgan fingerprint density at radius 1 is 1.31 bits per heavy atom. The predicted molar refractivity (Wildman–Crippen MR) is 64.1 cm³/mol. The van der Waals surface area contributed by atoms with Crippen LogP contribution in [0.5, 0.6) is 0 Å². The van der Waals surface area contributed by atoms with Crippen molar-refractivity contribution in [3.63, 3.8) is 0 Å². The van der Waals surface area contributed by atoms with Gasteiger partial charge in [0, 0.05) is 11.5 Å². The number of aliphatic hydroxyl groups is 1. The molecule has 0 aliphatic rings. The van der Waals surface area contributed by atoms with Gasteiger partial charge >= 0.3 is 5.97 Å². The molecule has 0 unspecified atom stereocenters. The number of aliphatic hydroxyl groups excluding tert-OH is 1. The number of nitrogens with two attached hydrogens (primary N) is 1. The zero-order valence-corrected chi connectivity index (χ0v) is 9.61. The number of thioether (sulfide) groups is 1. The van der Waals surface area contributed by atoms with Crippen LogP contribution in [0, 0.1) is 0 Å². The maximum atomic E-state index is 10.5. The normalized spacial score (nSPS) is 12.4. The van der Waals surface area contributed by atoms with Gasteiger partial charge in [0.25, 0.3) is 0 Å². The lowest BCUT2D eigenvalue weighted by Gasteiger charge is -2.06. The lowest BCUT2D eigenvalue weighted by molar-refractivity contribution is -0.137. The van der Waals surface area contributed by atoms with Crippen molar-refractivity contribution in [3.05, 3.63) is 35.4 Å². The van der Waals surface area contributed by atoms with Crippen LogP contribution in [-0.2, 0) is 17.2 Å². The van der Waals surface area contributed by atoms with Crippen LogP contribution in [0.25, 0.3) is 0 Å². The van der Waals surface area contributed by atoms with Crippen molar-refractivity contribution in [1.82, 2.24) is 0 Å². The third kappa shape index (κ3) is 4.22. The average molecular weight is 241 g/mol. The van der Waals surface area contributed by atoms with Gasteiger partial charge in [-0.15, -0.1) is 0 Å². The van der Waals surface area contributed by atoms with Crippen molar-refractivity contribution in [3.8, 4) is 0 Å². The van der Waals surface area contributed by atoms with E-state index in [0.29, 0.717) is 5.75 Å². The quantitative estimate of drug-likeness (QED) is 0.687. The molecule has 4 nitrogen and oxygen atoms in total. The third-order valence-electron chi connectivity index (χ3n) is 2.09. The zero-order valence-electron chi connectivity index (χ0n) is 8.80. The maximum Gasteiger partial charge on any atom is 0.321 e. The van der Waals surface area contributed by atoms with Crippen molar-refractivity contribution in [2.45, 2.75) is 18.4 Å². The molecule has 0 aliphatic heterocycles. The Hall–Kier alpha value is -1.04. The van der Waals surface area contributed by atoms with Crippen LogP contribution in [0.15, 0.2) is 24.3 Å². The molecule has 88 valence electrons. The number of rotatable bonds is 6. The van der Waals surface area contributed by atoms with E-state index in [2.05, 4.69) is 0 Å². The SMILES string of the molecule is N[C@H](CSCc1ccc(CO)cc1)C(=O)O. The summed E-state index contributed by atoms with van der Waals surface area (Å²) >= 11 is 1.49. The van der Waals surface area contributed by atoms with Gasteiger partial charge in [0.15, 0.2) is 0 Å². The van der Waals surface area contributed by atoms with Gasteiger partial charge in [0.1, 0.15) is 6.04 Å². The molecule has 0 aromatic heterocycles. The molecular weight excluding hydrogens is 226 g/mol.